The summed E-state index contributed by atoms with van der Waals surface area (Å²) in [6, 6.07) is 4.33. The van der Waals surface area contributed by atoms with E-state index in [-0.39, 0.29) is 11.7 Å². The first kappa shape index (κ1) is 13.2. The van der Waals surface area contributed by atoms with Gasteiger partial charge in [-0.05, 0) is 24.6 Å². The van der Waals surface area contributed by atoms with Crippen LogP contribution in [0, 0.1) is 23.6 Å². The Morgan fingerprint density at radius 1 is 1.50 bits per heavy atom. The first-order valence-corrected chi connectivity index (χ1v) is 6.38. The van der Waals surface area contributed by atoms with Gasteiger partial charge in [0, 0.05) is 12.5 Å². The third-order valence-corrected chi connectivity index (χ3v) is 2.86. The Morgan fingerprint density at radius 3 is 3.11 bits per heavy atom. The number of hydrogen-bond donors (Lipinski definition) is 0. The van der Waals surface area contributed by atoms with E-state index in [1.54, 1.807) is 6.07 Å². The fourth-order valence-corrected chi connectivity index (χ4v) is 1.84. The van der Waals surface area contributed by atoms with Crippen molar-refractivity contribution < 1.29 is 13.9 Å². The summed E-state index contributed by atoms with van der Waals surface area (Å²) in [7, 11) is 0. The number of halogens is 2. The van der Waals surface area contributed by atoms with Crippen LogP contribution >= 0.6 is 11.6 Å². The van der Waals surface area contributed by atoms with Crippen LogP contribution < -0.4 is 4.74 Å². The van der Waals surface area contributed by atoms with Gasteiger partial charge in [-0.15, -0.1) is 11.6 Å². The Hall–Kier alpha value is -1.24. The maximum absolute atomic E-state index is 13.1. The van der Waals surface area contributed by atoms with Crippen molar-refractivity contribution in [2.45, 2.75) is 6.42 Å². The van der Waals surface area contributed by atoms with E-state index in [4.69, 9.17) is 21.1 Å². The minimum absolute atomic E-state index is 0.215. The third-order valence-electron chi connectivity index (χ3n) is 2.73. The van der Waals surface area contributed by atoms with Gasteiger partial charge in [-0.1, -0.05) is 11.8 Å². The lowest BCUT2D eigenvalue weighted by atomic mass is 10.1. The number of hydrogen-bond acceptors (Lipinski definition) is 2. The Bertz CT molecular complexity index is 459. The molecule has 96 valence electrons. The second-order valence-electron chi connectivity index (χ2n) is 4.12. The molecular formula is C14H14ClFO2. The van der Waals surface area contributed by atoms with Gasteiger partial charge in [0.05, 0.1) is 24.7 Å². The topological polar surface area (TPSA) is 18.5 Å². The third kappa shape index (κ3) is 3.63. The molecule has 1 aromatic rings. The van der Waals surface area contributed by atoms with E-state index in [1.165, 1.54) is 12.1 Å². The second kappa shape index (κ2) is 6.63. The molecule has 0 spiro atoms. The molecule has 1 aliphatic rings. The fourth-order valence-electron chi connectivity index (χ4n) is 1.78. The molecule has 1 saturated heterocycles. The van der Waals surface area contributed by atoms with Crippen molar-refractivity contribution in [3.63, 3.8) is 0 Å². The number of ether oxygens (including phenoxy) is 2. The summed E-state index contributed by atoms with van der Waals surface area (Å²) in [5.41, 5.74) is 0.537. The first-order chi connectivity index (χ1) is 8.79. The highest BCUT2D eigenvalue weighted by atomic mass is 35.5. The van der Waals surface area contributed by atoms with Crippen molar-refractivity contribution >= 4 is 11.6 Å². The molecule has 0 aliphatic carbocycles. The Morgan fingerprint density at radius 2 is 2.39 bits per heavy atom. The highest BCUT2D eigenvalue weighted by Crippen LogP contribution is 2.21. The fraction of sp³-hybridized carbons (Fsp3) is 0.429. The maximum atomic E-state index is 13.1. The SMILES string of the molecule is Fc1ccc(OCC2CCOC2)c(C#CCCl)c1. The van der Waals surface area contributed by atoms with E-state index in [1.807, 2.05) is 0 Å². The van der Waals surface area contributed by atoms with Gasteiger partial charge in [0.2, 0.25) is 0 Å². The predicted octanol–water partition coefficient (Wildman–Crippen LogP) is 2.83. The monoisotopic (exact) mass is 268 g/mol. The van der Waals surface area contributed by atoms with Gasteiger partial charge < -0.3 is 9.47 Å². The zero-order valence-electron chi connectivity index (χ0n) is 9.92. The molecule has 2 nitrogen and oxygen atoms in total. The van der Waals surface area contributed by atoms with Gasteiger partial charge in [0.1, 0.15) is 11.6 Å². The lowest BCUT2D eigenvalue weighted by molar-refractivity contribution is 0.167. The largest absolute Gasteiger partial charge is 0.492 e. The van der Waals surface area contributed by atoms with Crippen LogP contribution in [0.3, 0.4) is 0 Å². The van der Waals surface area contributed by atoms with Gasteiger partial charge >= 0.3 is 0 Å². The molecule has 1 aromatic carbocycles. The summed E-state index contributed by atoms with van der Waals surface area (Å²) in [6.45, 7) is 2.08. The van der Waals surface area contributed by atoms with Crippen molar-refractivity contribution in [2.24, 2.45) is 5.92 Å². The second-order valence-corrected chi connectivity index (χ2v) is 4.38. The molecule has 1 aliphatic heterocycles. The number of alkyl halides is 1. The van der Waals surface area contributed by atoms with Crippen LogP contribution in [0.1, 0.15) is 12.0 Å². The standard InChI is InChI=1S/C14H14ClFO2/c15-6-1-2-12-8-13(16)3-4-14(12)18-10-11-5-7-17-9-11/h3-4,8,11H,5-7,9-10H2. The quantitative estimate of drug-likeness (QED) is 0.620. The Balaban J connectivity index is 2.05. The zero-order chi connectivity index (χ0) is 12.8. The van der Waals surface area contributed by atoms with E-state index in [0.29, 0.717) is 23.8 Å². The van der Waals surface area contributed by atoms with Crippen molar-refractivity contribution in [1.29, 1.82) is 0 Å². The smallest absolute Gasteiger partial charge is 0.135 e. The van der Waals surface area contributed by atoms with Gasteiger partial charge in [0.25, 0.3) is 0 Å². The first-order valence-electron chi connectivity index (χ1n) is 5.84. The minimum Gasteiger partial charge on any atom is -0.492 e. The Labute approximate surface area is 111 Å². The molecule has 1 fully saturated rings. The molecule has 4 heteroatoms. The molecule has 1 heterocycles. The molecule has 0 radical (unpaired) electrons. The van der Waals surface area contributed by atoms with Gasteiger partial charge in [-0.3, -0.25) is 0 Å². The average molecular weight is 269 g/mol. The predicted molar refractivity (Wildman–Crippen MR) is 68.4 cm³/mol. The zero-order valence-corrected chi connectivity index (χ0v) is 10.7. The molecule has 1 atom stereocenters. The molecule has 0 amide bonds. The molecule has 0 aromatic heterocycles. The van der Waals surface area contributed by atoms with Gasteiger partial charge in [-0.25, -0.2) is 4.39 Å². The summed E-state index contributed by atoms with van der Waals surface area (Å²) in [4.78, 5) is 0. The highest BCUT2D eigenvalue weighted by Gasteiger charge is 2.16. The molecule has 0 bridgehead atoms. The van der Waals surface area contributed by atoms with Crippen LogP contribution in [0.4, 0.5) is 4.39 Å². The molecule has 0 saturated carbocycles. The summed E-state index contributed by atoms with van der Waals surface area (Å²) < 4.78 is 24.1. The average Bonchev–Trinajstić information content (AvgIpc) is 2.88. The van der Waals surface area contributed by atoms with E-state index < -0.39 is 0 Å². The molecule has 0 N–H and O–H groups in total. The van der Waals surface area contributed by atoms with Crippen molar-refractivity contribution in [3.8, 4) is 17.6 Å². The van der Waals surface area contributed by atoms with Crippen LogP contribution in [-0.2, 0) is 4.74 Å². The minimum atomic E-state index is -0.328. The molecule has 1 unspecified atom stereocenters. The summed E-state index contributed by atoms with van der Waals surface area (Å²) >= 11 is 5.50. The van der Waals surface area contributed by atoms with Gasteiger partial charge in [-0.2, -0.15) is 0 Å². The van der Waals surface area contributed by atoms with Crippen molar-refractivity contribution in [2.75, 3.05) is 25.7 Å². The van der Waals surface area contributed by atoms with Crippen LogP contribution in [0.5, 0.6) is 5.75 Å². The Kier molecular flexibility index (Phi) is 4.86. The van der Waals surface area contributed by atoms with Crippen LogP contribution in [-0.4, -0.2) is 25.7 Å². The highest BCUT2D eigenvalue weighted by molar-refractivity contribution is 6.19. The molecular weight excluding hydrogens is 255 g/mol. The normalized spacial score (nSPS) is 18.2. The summed E-state index contributed by atoms with van der Waals surface area (Å²) in [6.07, 6.45) is 1.00. The van der Waals surface area contributed by atoms with Crippen LogP contribution in [0.2, 0.25) is 0 Å². The number of rotatable bonds is 3. The molecule has 18 heavy (non-hydrogen) atoms. The molecule has 2 rings (SSSR count). The summed E-state index contributed by atoms with van der Waals surface area (Å²) in [5, 5.41) is 0. The van der Waals surface area contributed by atoms with E-state index in [2.05, 4.69) is 11.8 Å². The van der Waals surface area contributed by atoms with Gasteiger partial charge in [0.15, 0.2) is 0 Å². The lowest BCUT2D eigenvalue weighted by Gasteiger charge is -2.11. The lowest BCUT2D eigenvalue weighted by Crippen LogP contribution is -2.12. The van der Waals surface area contributed by atoms with Crippen molar-refractivity contribution in [1.82, 2.24) is 0 Å². The van der Waals surface area contributed by atoms with Crippen LogP contribution in [0.25, 0.3) is 0 Å². The van der Waals surface area contributed by atoms with E-state index in [9.17, 15) is 4.39 Å². The van der Waals surface area contributed by atoms with E-state index >= 15 is 0 Å². The van der Waals surface area contributed by atoms with Crippen molar-refractivity contribution in [3.05, 3.63) is 29.6 Å². The maximum Gasteiger partial charge on any atom is 0.135 e. The van der Waals surface area contributed by atoms with E-state index in [0.717, 1.165) is 19.6 Å². The summed E-state index contributed by atoms with van der Waals surface area (Å²) in [5.74, 6) is 6.40. The number of benzene rings is 1. The van der Waals surface area contributed by atoms with Crippen LogP contribution in [0.15, 0.2) is 18.2 Å².